The molecule has 2 fully saturated rings. The number of fused-ring (bicyclic) bond motifs is 2. The Labute approximate surface area is 253 Å². The topological polar surface area (TPSA) is 86.1 Å². The Morgan fingerprint density at radius 1 is 1.14 bits per heavy atom. The molecule has 1 N–H and O–H groups in total. The van der Waals surface area contributed by atoms with E-state index in [-0.39, 0.29) is 18.3 Å². The summed E-state index contributed by atoms with van der Waals surface area (Å²) in [6.45, 7) is 5.89. The number of imidazole rings is 1. The maximum Gasteiger partial charge on any atom is 0.335 e. The number of hydrogen-bond donors (Lipinski definition) is 1. The second-order valence-corrected chi connectivity index (χ2v) is 12.3. The molecule has 3 aliphatic heterocycles. The van der Waals surface area contributed by atoms with Crippen LogP contribution in [0.1, 0.15) is 59.4 Å². The summed E-state index contributed by atoms with van der Waals surface area (Å²) in [6.07, 6.45) is 3.00. The van der Waals surface area contributed by atoms with Crippen LogP contribution in [0.3, 0.4) is 0 Å². The number of hydrogen-bond acceptors (Lipinski definition) is 6. The van der Waals surface area contributed by atoms with Crippen molar-refractivity contribution in [3.8, 4) is 11.5 Å². The van der Waals surface area contributed by atoms with E-state index in [1.54, 1.807) is 30.3 Å². The number of nitrogens with zero attached hydrogens (tertiary/aromatic N) is 3. The van der Waals surface area contributed by atoms with E-state index in [2.05, 4.69) is 15.5 Å². The summed E-state index contributed by atoms with van der Waals surface area (Å²) in [4.78, 5) is 18.9. The number of aromatic nitrogens is 2. The molecule has 0 spiro atoms. The molecule has 4 heterocycles. The Hall–Kier alpha value is -3.66. The van der Waals surface area contributed by atoms with E-state index in [0.717, 1.165) is 67.1 Å². The summed E-state index contributed by atoms with van der Waals surface area (Å²) >= 11 is 5.97. The van der Waals surface area contributed by atoms with Crippen LogP contribution < -0.4 is 9.47 Å². The molecule has 0 radical (unpaired) electrons. The highest BCUT2D eigenvalue weighted by Gasteiger charge is 2.39. The molecule has 2 atom stereocenters. The summed E-state index contributed by atoms with van der Waals surface area (Å²) in [5, 5.41) is 9.87. The third-order valence-corrected chi connectivity index (χ3v) is 9.22. The Kier molecular flexibility index (Phi) is 7.27. The van der Waals surface area contributed by atoms with Gasteiger partial charge in [-0.2, -0.15) is 0 Å². The normalized spacial score (nSPS) is 22.4. The van der Waals surface area contributed by atoms with Gasteiger partial charge in [-0.1, -0.05) is 29.8 Å². The van der Waals surface area contributed by atoms with Gasteiger partial charge < -0.3 is 23.9 Å². The van der Waals surface area contributed by atoms with Crippen LogP contribution >= 0.6 is 11.6 Å². The molecule has 0 unspecified atom stereocenters. The zero-order chi connectivity index (χ0) is 29.7. The molecule has 2 saturated heterocycles. The quantitative estimate of drug-likeness (QED) is 0.261. The van der Waals surface area contributed by atoms with Gasteiger partial charge in [0.1, 0.15) is 18.2 Å². The average molecular weight is 606 g/mol. The number of likely N-dealkylation sites (tertiary alicyclic amines) is 1. The van der Waals surface area contributed by atoms with Crippen LogP contribution in [0, 0.1) is 5.82 Å². The number of para-hydroxylation sites is 1. The fourth-order valence-corrected chi connectivity index (χ4v) is 6.65. The summed E-state index contributed by atoms with van der Waals surface area (Å²) in [6, 6.07) is 15.7. The van der Waals surface area contributed by atoms with Crippen molar-refractivity contribution in [2.75, 3.05) is 26.3 Å². The van der Waals surface area contributed by atoms with Gasteiger partial charge in [0.2, 0.25) is 0 Å². The third kappa shape index (κ3) is 5.34. The number of rotatable bonds is 7. The Bertz CT molecular complexity index is 1700. The van der Waals surface area contributed by atoms with Crippen LogP contribution in [0.15, 0.2) is 54.6 Å². The summed E-state index contributed by atoms with van der Waals surface area (Å²) in [7, 11) is 0. The lowest BCUT2D eigenvalue weighted by molar-refractivity contribution is -0.0592. The van der Waals surface area contributed by atoms with E-state index in [9.17, 15) is 14.3 Å². The molecule has 8 nitrogen and oxygen atoms in total. The highest BCUT2D eigenvalue weighted by Crippen LogP contribution is 2.46. The number of aromatic carboxylic acids is 1. The van der Waals surface area contributed by atoms with Gasteiger partial charge in [-0.25, -0.2) is 14.2 Å². The van der Waals surface area contributed by atoms with Gasteiger partial charge in [-0.05, 0) is 81.6 Å². The predicted molar refractivity (Wildman–Crippen MR) is 160 cm³/mol. The first-order chi connectivity index (χ1) is 20.8. The van der Waals surface area contributed by atoms with Crippen molar-refractivity contribution < 1.29 is 28.5 Å². The molecule has 0 bridgehead atoms. The molecule has 0 saturated carbocycles. The smallest absolute Gasteiger partial charge is 0.335 e. The van der Waals surface area contributed by atoms with Gasteiger partial charge in [0.15, 0.2) is 17.1 Å². The molecule has 43 heavy (non-hydrogen) atoms. The lowest BCUT2D eigenvalue weighted by Crippen LogP contribution is -2.40. The summed E-state index contributed by atoms with van der Waals surface area (Å²) in [5.74, 6) is 1.22. The number of piperidine rings is 1. The van der Waals surface area contributed by atoms with E-state index in [4.69, 9.17) is 30.8 Å². The number of ether oxygens (including phenoxy) is 3. The van der Waals surface area contributed by atoms with Gasteiger partial charge in [-0.3, -0.25) is 4.90 Å². The first kappa shape index (κ1) is 28.1. The molecule has 3 aromatic carbocycles. The molecular weight excluding hydrogens is 573 g/mol. The maximum atomic E-state index is 14.8. The summed E-state index contributed by atoms with van der Waals surface area (Å²) in [5.41, 5.74) is 2.45. The van der Waals surface area contributed by atoms with Gasteiger partial charge in [0, 0.05) is 22.8 Å². The molecule has 10 heteroatoms. The monoisotopic (exact) mass is 605 g/mol. The number of carbonyl (C=O) groups is 1. The van der Waals surface area contributed by atoms with Crippen molar-refractivity contribution in [2.45, 2.75) is 56.9 Å². The second kappa shape index (κ2) is 11.1. The fourth-order valence-electron chi connectivity index (χ4n) is 6.49. The lowest BCUT2D eigenvalue weighted by atomic mass is 9.87. The number of benzene rings is 3. The Morgan fingerprint density at radius 3 is 2.67 bits per heavy atom. The van der Waals surface area contributed by atoms with Crippen molar-refractivity contribution in [3.63, 3.8) is 0 Å². The number of carboxylic acids is 1. The zero-order valence-corrected chi connectivity index (χ0v) is 24.6. The third-order valence-electron chi connectivity index (χ3n) is 8.98. The van der Waals surface area contributed by atoms with Crippen LogP contribution in [-0.4, -0.2) is 57.9 Å². The Morgan fingerprint density at radius 2 is 1.95 bits per heavy atom. The van der Waals surface area contributed by atoms with Gasteiger partial charge in [-0.15, -0.1) is 0 Å². The Balaban J connectivity index is 1.07. The first-order valence-corrected chi connectivity index (χ1v) is 15.1. The van der Waals surface area contributed by atoms with Crippen LogP contribution in [0.25, 0.3) is 11.0 Å². The highest BCUT2D eigenvalue weighted by atomic mass is 35.5. The van der Waals surface area contributed by atoms with Crippen molar-refractivity contribution in [2.24, 2.45) is 0 Å². The van der Waals surface area contributed by atoms with Gasteiger partial charge in [0.05, 0.1) is 35.8 Å². The van der Waals surface area contributed by atoms with Crippen molar-refractivity contribution in [3.05, 3.63) is 88.0 Å². The van der Waals surface area contributed by atoms with Crippen molar-refractivity contribution >= 4 is 28.6 Å². The van der Waals surface area contributed by atoms with E-state index < -0.39 is 17.4 Å². The number of halogens is 2. The molecule has 1 aromatic heterocycles. The minimum atomic E-state index is -0.967. The first-order valence-electron chi connectivity index (χ1n) is 14.7. The molecule has 7 rings (SSSR count). The minimum absolute atomic E-state index is 0.125. The van der Waals surface area contributed by atoms with Crippen molar-refractivity contribution in [1.82, 2.24) is 14.5 Å². The van der Waals surface area contributed by atoms with E-state index in [0.29, 0.717) is 35.3 Å². The molecule has 0 aliphatic carbocycles. The maximum absolute atomic E-state index is 14.8. The molecule has 3 aliphatic rings. The number of carboxylic acid groups (broad SMARTS) is 1. The molecular formula is C33H33ClFN3O5. The SMILES string of the molecule is C[C@@]1(c2ccc(Cl)cc2F)COc2c(cccc2C2CCN(Cc3nc4ccc(C(=O)O)cc4n3C[C@@H]3CCO3)CC2)O1. The minimum Gasteiger partial charge on any atom is -0.485 e. The predicted octanol–water partition coefficient (Wildman–Crippen LogP) is 6.38. The van der Waals surface area contributed by atoms with Crippen molar-refractivity contribution in [1.29, 1.82) is 0 Å². The standard InChI is InChI=1S/C33H33ClFN3O5/c1-33(25-7-6-22(34)16-26(25)35)19-42-31-24(3-2-4-29(31)43-33)20-9-12-37(13-10-20)18-30-36-27-8-5-21(32(39)40)15-28(27)38(30)17-23-11-14-41-23/h2-8,15-16,20,23H,9-14,17-19H2,1H3,(H,39,40)/t23-,33-/m0/s1. The van der Waals surface area contributed by atoms with Crippen LogP contribution in [0.5, 0.6) is 11.5 Å². The summed E-state index contributed by atoms with van der Waals surface area (Å²) < 4.78 is 35.3. The van der Waals surface area contributed by atoms with Crippen LogP contribution in [-0.2, 0) is 23.4 Å². The molecule has 0 amide bonds. The van der Waals surface area contributed by atoms with E-state index in [1.807, 2.05) is 19.1 Å². The molecule has 224 valence electrons. The lowest BCUT2D eigenvalue weighted by Gasteiger charge is -2.38. The van der Waals surface area contributed by atoms with E-state index in [1.165, 1.54) is 6.07 Å². The van der Waals surface area contributed by atoms with Crippen LogP contribution in [0.2, 0.25) is 5.02 Å². The van der Waals surface area contributed by atoms with E-state index >= 15 is 0 Å². The highest BCUT2D eigenvalue weighted by molar-refractivity contribution is 6.30. The largest absolute Gasteiger partial charge is 0.485 e. The fraction of sp³-hybridized carbons (Fsp3) is 0.394. The molecule has 4 aromatic rings. The zero-order valence-electron chi connectivity index (χ0n) is 23.9. The van der Waals surface area contributed by atoms with Gasteiger partial charge >= 0.3 is 5.97 Å². The average Bonchev–Trinajstić information content (AvgIpc) is 3.30. The van der Waals surface area contributed by atoms with Crippen LogP contribution in [0.4, 0.5) is 4.39 Å². The van der Waals surface area contributed by atoms with Gasteiger partial charge in [0.25, 0.3) is 0 Å². The second-order valence-electron chi connectivity index (χ2n) is 11.9.